The van der Waals surface area contributed by atoms with Crippen molar-refractivity contribution in [3.63, 3.8) is 0 Å². The Morgan fingerprint density at radius 2 is 1.88 bits per heavy atom. The monoisotopic (exact) mass is 206 g/mol. The molecule has 0 aliphatic carbocycles. The number of ketones is 1. The molecule has 8 heavy (non-hydrogen) atoms. The molecular weight excluding hydrogens is 200 g/mol. The van der Waals surface area contributed by atoms with Crippen LogP contribution in [0.5, 0.6) is 0 Å². The van der Waals surface area contributed by atoms with E-state index >= 15 is 0 Å². The van der Waals surface area contributed by atoms with E-state index < -0.39 is 0 Å². The van der Waals surface area contributed by atoms with Gasteiger partial charge in [-0.2, -0.15) is 0 Å². The van der Waals surface area contributed by atoms with Crippen LogP contribution in [0.15, 0.2) is 11.8 Å². The fourth-order valence-electron chi connectivity index (χ4n) is 0.286. The zero-order valence-electron chi connectivity index (χ0n) is 4.70. The van der Waals surface area contributed by atoms with Crippen LogP contribution in [0.1, 0.15) is 13.8 Å². The maximum Gasteiger partial charge on any atom is 1.00 e. The summed E-state index contributed by atoms with van der Waals surface area (Å²) in [5, 5.41) is 9.98. The van der Waals surface area contributed by atoms with E-state index in [1.165, 1.54) is 13.8 Å². The predicted octanol–water partition coefficient (Wildman–Crippen LogP) is -0.163. The number of carbonyl (C=O) groups is 1. The predicted molar refractivity (Wildman–Crippen MR) is 24.4 cm³/mol. The van der Waals surface area contributed by atoms with Crippen LogP contribution in [-0.4, -0.2) is 5.78 Å². The first-order chi connectivity index (χ1) is 3.13. The number of carbonyl (C=O) groups excluding carboxylic acids is 1. The van der Waals surface area contributed by atoms with Crippen molar-refractivity contribution in [2.45, 2.75) is 13.8 Å². The minimum Gasteiger partial charge on any atom is -0.876 e. The van der Waals surface area contributed by atoms with Crippen LogP contribution in [0.2, 0.25) is 0 Å². The molecule has 0 aliphatic rings. The Bertz CT molecular complexity index is 103. The molecule has 0 saturated heterocycles. The van der Waals surface area contributed by atoms with Crippen LogP contribution in [0.25, 0.3) is 0 Å². The third kappa shape index (κ3) is 9.34. The van der Waals surface area contributed by atoms with Gasteiger partial charge in [0, 0.05) is 0 Å². The minimum absolute atomic E-state index is 0. The van der Waals surface area contributed by atoms with Crippen LogP contribution in [0.4, 0.5) is 0 Å². The van der Waals surface area contributed by atoms with E-state index in [0.29, 0.717) is 0 Å². The molecule has 0 bridgehead atoms. The molecule has 0 rings (SSSR count). The van der Waals surface area contributed by atoms with Gasteiger partial charge in [-0.25, -0.2) is 0 Å². The average molecular weight is 207 g/mol. The third-order valence-corrected chi connectivity index (χ3v) is 0.407. The SMILES string of the molecule is CC(=O)C=C(C)[O-].[Ag+]. The van der Waals surface area contributed by atoms with Gasteiger partial charge in [0.25, 0.3) is 0 Å². The van der Waals surface area contributed by atoms with Crippen molar-refractivity contribution in [3.8, 4) is 0 Å². The summed E-state index contributed by atoms with van der Waals surface area (Å²) in [6, 6.07) is 0. The largest absolute Gasteiger partial charge is 1.00 e. The maximum atomic E-state index is 9.98. The Morgan fingerprint density at radius 3 is 1.88 bits per heavy atom. The van der Waals surface area contributed by atoms with E-state index in [4.69, 9.17) is 0 Å². The molecule has 0 amide bonds. The van der Waals surface area contributed by atoms with E-state index in [2.05, 4.69) is 0 Å². The third-order valence-electron chi connectivity index (χ3n) is 0.407. The van der Waals surface area contributed by atoms with Crippen LogP contribution in [0.3, 0.4) is 0 Å². The maximum absolute atomic E-state index is 9.98. The molecule has 0 saturated carbocycles. The molecule has 2 nitrogen and oxygen atoms in total. The number of allylic oxidation sites excluding steroid dienone is 2. The number of hydrogen-bond acceptors (Lipinski definition) is 2. The summed E-state index contributed by atoms with van der Waals surface area (Å²) < 4.78 is 0. The molecule has 0 spiro atoms. The molecule has 3 heteroatoms. The van der Waals surface area contributed by atoms with Crippen LogP contribution in [-0.2, 0) is 27.2 Å². The van der Waals surface area contributed by atoms with E-state index in [-0.39, 0.29) is 33.9 Å². The first-order valence-electron chi connectivity index (χ1n) is 1.99. The number of hydrogen-bond donors (Lipinski definition) is 0. The quantitative estimate of drug-likeness (QED) is 0.340. The van der Waals surface area contributed by atoms with Gasteiger partial charge in [0.2, 0.25) is 0 Å². The molecule has 0 heterocycles. The summed E-state index contributed by atoms with van der Waals surface area (Å²) in [5.74, 6) is -0.375. The summed E-state index contributed by atoms with van der Waals surface area (Å²) in [5.41, 5.74) is 0. The Labute approximate surface area is 64.1 Å². The smallest absolute Gasteiger partial charge is 0.876 e. The van der Waals surface area contributed by atoms with Gasteiger partial charge in [0.1, 0.15) is 0 Å². The second-order valence-corrected chi connectivity index (χ2v) is 1.37. The van der Waals surface area contributed by atoms with Crippen LogP contribution < -0.4 is 5.11 Å². The van der Waals surface area contributed by atoms with Gasteiger partial charge in [-0.1, -0.05) is 6.92 Å². The van der Waals surface area contributed by atoms with Crippen molar-refractivity contribution in [2.75, 3.05) is 0 Å². The molecule has 0 N–H and O–H groups in total. The van der Waals surface area contributed by atoms with Crippen molar-refractivity contribution in [3.05, 3.63) is 11.8 Å². The van der Waals surface area contributed by atoms with Crippen LogP contribution >= 0.6 is 0 Å². The number of rotatable bonds is 1. The average Bonchev–Trinajstić information content (AvgIpc) is 1.27. The van der Waals surface area contributed by atoms with E-state index in [1.54, 1.807) is 0 Å². The fourth-order valence-corrected chi connectivity index (χ4v) is 0.286. The normalized spacial score (nSPS) is 10.0. The Hall–Kier alpha value is -0.0497. The first-order valence-corrected chi connectivity index (χ1v) is 1.99. The van der Waals surface area contributed by atoms with Gasteiger partial charge < -0.3 is 5.11 Å². The molecule has 0 aliphatic heterocycles. The summed E-state index contributed by atoms with van der Waals surface area (Å²) >= 11 is 0. The topological polar surface area (TPSA) is 40.1 Å². The first kappa shape index (κ1) is 10.8. The molecular formula is C5H7AgO2. The van der Waals surface area contributed by atoms with E-state index in [0.717, 1.165) is 6.08 Å². The van der Waals surface area contributed by atoms with Crippen molar-refractivity contribution in [1.29, 1.82) is 0 Å². The zero-order chi connectivity index (χ0) is 5.86. The summed E-state index contributed by atoms with van der Waals surface area (Å²) in [6.07, 6.45) is 1.06. The molecule has 0 radical (unpaired) electrons. The second kappa shape index (κ2) is 5.09. The Morgan fingerprint density at radius 1 is 1.50 bits per heavy atom. The second-order valence-electron chi connectivity index (χ2n) is 1.37. The molecule has 0 fully saturated rings. The van der Waals surface area contributed by atoms with Crippen molar-refractivity contribution < 1.29 is 32.3 Å². The van der Waals surface area contributed by atoms with Gasteiger partial charge in [-0.05, 0) is 13.0 Å². The van der Waals surface area contributed by atoms with Crippen molar-refractivity contribution in [1.82, 2.24) is 0 Å². The van der Waals surface area contributed by atoms with Gasteiger partial charge >= 0.3 is 22.4 Å². The molecule has 50 valence electrons. The fraction of sp³-hybridized carbons (Fsp3) is 0.400. The van der Waals surface area contributed by atoms with Crippen molar-refractivity contribution >= 4 is 5.78 Å². The summed E-state index contributed by atoms with van der Waals surface area (Å²) in [7, 11) is 0. The molecule has 0 aromatic heterocycles. The van der Waals surface area contributed by atoms with Gasteiger partial charge in [-0.3, -0.25) is 4.79 Å². The van der Waals surface area contributed by atoms with Crippen LogP contribution in [0, 0.1) is 0 Å². The molecule has 0 aromatic rings. The summed E-state index contributed by atoms with van der Waals surface area (Å²) in [4.78, 5) is 9.98. The Kier molecular flexibility index (Phi) is 6.91. The standard InChI is InChI=1S/C5H8O2.Ag/c1-4(6)3-5(2)7;/h3,6H,1-2H3;/q;+1/p-1. The molecule has 0 unspecified atom stereocenters. The Balaban J connectivity index is 0. The zero-order valence-corrected chi connectivity index (χ0v) is 6.18. The minimum atomic E-state index is -0.187. The van der Waals surface area contributed by atoms with Gasteiger partial charge in [0.15, 0.2) is 5.78 Å². The van der Waals surface area contributed by atoms with E-state index in [9.17, 15) is 9.90 Å². The van der Waals surface area contributed by atoms with E-state index in [1.807, 2.05) is 0 Å². The summed E-state index contributed by atoms with van der Waals surface area (Å²) in [6.45, 7) is 2.70. The van der Waals surface area contributed by atoms with Gasteiger partial charge in [0.05, 0.1) is 0 Å². The van der Waals surface area contributed by atoms with Gasteiger partial charge in [-0.15, -0.1) is 5.76 Å². The van der Waals surface area contributed by atoms with Crippen molar-refractivity contribution in [2.24, 2.45) is 0 Å². The molecule has 0 aromatic carbocycles. The molecule has 0 atom stereocenters.